The monoisotopic (exact) mass is 330 g/mol. The van der Waals surface area contributed by atoms with Gasteiger partial charge in [0.1, 0.15) is 0 Å². The maximum absolute atomic E-state index is 3.53. The van der Waals surface area contributed by atoms with Crippen molar-refractivity contribution < 1.29 is 0 Å². The number of nitrogens with one attached hydrogen (secondary N) is 1. The SMILES string of the molecule is CN1CCCC[C@H]1CNc1ccc(I)cc1. The Morgan fingerprint density at radius 2 is 2.06 bits per heavy atom. The highest BCUT2D eigenvalue weighted by molar-refractivity contribution is 14.1. The fourth-order valence-electron chi connectivity index (χ4n) is 2.21. The zero-order valence-electron chi connectivity index (χ0n) is 9.75. The number of halogens is 1. The largest absolute Gasteiger partial charge is 0.383 e. The van der Waals surface area contributed by atoms with Crippen LogP contribution >= 0.6 is 22.6 Å². The van der Waals surface area contributed by atoms with Crippen LogP contribution in [0.2, 0.25) is 0 Å². The molecule has 1 aromatic rings. The van der Waals surface area contributed by atoms with Gasteiger partial charge in [-0.3, -0.25) is 0 Å². The van der Waals surface area contributed by atoms with Gasteiger partial charge in [0.05, 0.1) is 0 Å². The Morgan fingerprint density at radius 1 is 1.31 bits per heavy atom. The molecule has 1 atom stereocenters. The average molecular weight is 330 g/mol. The molecule has 0 saturated carbocycles. The summed E-state index contributed by atoms with van der Waals surface area (Å²) >= 11 is 2.34. The second-order valence-electron chi connectivity index (χ2n) is 4.52. The Hall–Kier alpha value is -0.290. The first-order chi connectivity index (χ1) is 7.75. The standard InChI is InChI=1S/C13H19IN2/c1-16-9-3-2-4-13(16)10-15-12-7-5-11(14)6-8-12/h5-8,13,15H,2-4,9-10H2,1H3/t13-/m0/s1. The number of benzene rings is 1. The summed E-state index contributed by atoms with van der Waals surface area (Å²) in [6.07, 6.45) is 4.06. The lowest BCUT2D eigenvalue weighted by atomic mass is 10.0. The first-order valence-electron chi connectivity index (χ1n) is 5.95. The lowest BCUT2D eigenvalue weighted by Gasteiger charge is -2.32. The molecule has 1 fully saturated rings. The molecule has 16 heavy (non-hydrogen) atoms. The molecule has 1 aliphatic heterocycles. The maximum atomic E-state index is 3.53. The normalized spacial score (nSPS) is 22.0. The van der Waals surface area contributed by atoms with Gasteiger partial charge < -0.3 is 10.2 Å². The summed E-state index contributed by atoms with van der Waals surface area (Å²) in [4.78, 5) is 2.48. The predicted octanol–water partition coefficient (Wildman–Crippen LogP) is 3.19. The number of likely N-dealkylation sites (tertiary alicyclic amines) is 1. The lowest BCUT2D eigenvalue weighted by Crippen LogP contribution is -2.40. The minimum Gasteiger partial charge on any atom is -0.383 e. The quantitative estimate of drug-likeness (QED) is 0.857. The van der Waals surface area contributed by atoms with E-state index in [9.17, 15) is 0 Å². The summed E-state index contributed by atoms with van der Waals surface area (Å²) in [5.74, 6) is 0. The smallest absolute Gasteiger partial charge is 0.0341 e. The molecule has 0 aromatic heterocycles. The van der Waals surface area contributed by atoms with Crippen LogP contribution in [0.1, 0.15) is 19.3 Å². The van der Waals surface area contributed by atoms with Gasteiger partial charge in [-0.25, -0.2) is 0 Å². The zero-order chi connectivity index (χ0) is 11.4. The fourth-order valence-corrected chi connectivity index (χ4v) is 2.57. The van der Waals surface area contributed by atoms with E-state index >= 15 is 0 Å². The highest BCUT2D eigenvalue weighted by Crippen LogP contribution is 2.16. The molecule has 3 heteroatoms. The van der Waals surface area contributed by atoms with Gasteiger partial charge in [-0.2, -0.15) is 0 Å². The van der Waals surface area contributed by atoms with Crippen molar-refractivity contribution in [3.63, 3.8) is 0 Å². The van der Waals surface area contributed by atoms with E-state index < -0.39 is 0 Å². The summed E-state index contributed by atoms with van der Waals surface area (Å²) in [5, 5.41) is 3.53. The molecule has 1 aromatic carbocycles. The number of hydrogen-bond donors (Lipinski definition) is 1. The third-order valence-corrected chi connectivity index (χ3v) is 4.03. The van der Waals surface area contributed by atoms with E-state index in [1.54, 1.807) is 0 Å². The van der Waals surface area contributed by atoms with Crippen LogP contribution in [0.25, 0.3) is 0 Å². The third kappa shape index (κ3) is 3.35. The zero-order valence-corrected chi connectivity index (χ0v) is 11.9. The minimum atomic E-state index is 0.702. The number of nitrogens with zero attached hydrogens (tertiary/aromatic N) is 1. The van der Waals surface area contributed by atoms with E-state index in [0.29, 0.717) is 6.04 Å². The van der Waals surface area contributed by atoms with Gasteiger partial charge in [0, 0.05) is 21.8 Å². The van der Waals surface area contributed by atoms with E-state index in [1.165, 1.54) is 35.1 Å². The van der Waals surface area contributed by atoms with Crippen LogP contribution in [0.15, 0.2) is 24.3 Å². The third-order valence-electron chi connectivity index (χ3n) is 3.31. The Kier molecular flexibility index (Phi) is 4.46. The van der Waals surface area contributed by atoms with E-state index in [-0.39, 0.29) is 0 Å². The van der Waals surface area contributed by atoms with E-state index in [2.05, 4.69) is 64.1 Å². The topological polar surface area (TPSA) is 15.3 Å². The summed E-state index contributed by atoms with van der Waals surface area (Å²) in [6.45, 7) is 2.32. The van der Waals surface area contributed by atoms with E-state index in [4.69, 9.17) is 0 Å². The molecule has 88 valence electrons. The van der Waals surface area contributed by atoms with Crippen LogP contribution in [-0.2, 0) is 0 Å². The second kappa shape index (κ2) is 5.87. The van der Waals surface area contributed by atoms with Gasteiger partial charge in [-0.05, 0) is 73.3 Å². The van der Waals surface area contributed by atoms with Gasteiger partial charge in [-0.1, -0.05) is 6.42 Å². The molecule has 1 N–H and O–H groups in total. The minimum absolute atomic E-state index is 0.702. The van der Waals surface area contributed by atoms with E-state index in [1.807, 2.05) is 0 Å². The van der Waals surface area contributed by atoms with Crippen LogP contribution in [0.3, 0.4) is 0 Å². The van der Waals surface area contributed by atoms with Gasteiger partial charge in [0.2, 0.25) is 0 Å². The highest BCUT2D eigenvalue weighted by atomic mass is 127. The second-order valence-corrected chi connectivity index (χ2v) is 5.76. The molecular weight excluding hydrogens is 311 g/mol. The van der Waals surface area contributed by atoms with Gasteiger partial charge >= 0.3 is 0 Å². The van der Waals surface area contributed by atoms with Crippen molar-refractivity contribution in [3.05, 3.63) is 27.8 Å². The first kappa shape index (κ1) is 12.2. The van der Waals surface area contributed by atoms with Crippen LogP contribution in [0.4, 0.5) is 5.69 Å². The van der Waals surface area contributed by atoms with Crippen LogP contribution in [0, 0.1) is 3.57 Å². The van der Waals surface area contributed by atoms with Crippen molar-refractivity contribution in [2.24, 2.45) is 0 Å². The van der Waals surface area contributed by atoms with Crippen LogP contribution in [-0.4, -0.2) is 31.1 Å². The summed E-state index contributed by atoms with van der Waals surface area (Å²) in [6, 6.07) is 9.31. The molecule has 2 nitrogen and oxygen atoms in total. The molecule has 1 aliphatic rings. The lowest BCUT2D eigenvalue weighted by molar-refractivity contribution is 0.194. The summed E-state index contributed by atoms with van der Waals surface area (Å²) < 4.78 is 1.29. The van der Waals surface area contributed by atoms with Crippen molar-refractivity contribution in [1.29, 1.82) is 0 Å². The first-order valence-corrected chi connectivity index (χ1v) is 7.03. The fraction of sp³-hybridized carbons (Fsp3) is 0.538. The predicted molar refractivity (Wildman–Crippen MR) is 77.9 cm³/mol. The molecule has 0 unspecified atom stereocenters. The molecule has 0 radical (unpaired) electrons. The maximum Gasteiger partial charge on any atom is 0.0341 e. The number of anilines is 1. The molecule has 2 rings (SSSR count). The van der Waals surface area contributed by atoms with Crippen molar-refractivity contribution in [3.8, 4) is 0 Å². The molecule has 1 heterocycles. The molecule has 0 amide bonds. The van der Waals surface area contributed by atoms with Gasteiger partial charge in [-0.15, -0.1) is 0 Å². The molecular formula is C13H19IN2. The molecule has 1 saturated heterocycles. The Balaban J connectivity index is 1.84. The summed E-state index contributed by atoms with van der Waals surface area (Å²) in [5.41, 5.74) is 1.24. The molecule has 0 spiro atoms. The summed E-state index contributed by atoms with van der Waals surface area (Å²) in [7, 11) is 2.24. The number of likely N-dealkylation sites (N-methyl/N-ethyl adjacent to an activating group) is 1. The Morgan fingerprint density at radius 3 is 2.75 bits per heavy atom. The van der Waals surface area contributed by atoms with Crippen LogP contribution < -0.4 is 5.32 Å². The Labute approximate surface area is 112 Å². The molecule has 0 aliphatic carbocycles. The van der Waals surface area contributed by atoms with Gasteiger partial charge in [0.25, 0.3) is 0 Å². The number of hydrogen-bond acceptors (Lipinski definition) is 2. The Bertz CT molecular complexity index is 323. The number of rotatable bonds is 3. The number of piperidine rings is 1. The average Bonchev–Trinajstić information content (AvgIpc) is 2.30. The molecule has 0 bridgehead atoms. The van der Waals surface area contributed by atoms with Crippen LogP contribution in [0.5, 0.6) is 0 Å². The van der Waals surface area contributed by atoms with Crippen molar-refractivity contribution >= 4 is 28.3 Å². The van der Waals surface area contributed by atoms with Crippen molar-refractivity contribution in [2.45, 2.75) is 25.3 Å². The van der Waals surface area contributed by atoms with E-state index in [0.717, 1.165) is 6.54 Å². The van der Waals surface area contributed by atoms with Crippen molar-refractivity contribution in [1.82, 2.24) is 4.90 Å². The highest BCUT2D eigenvalue weighted by Gasteiger charge is 2.17. The van der Waals surface area contributed by atoms with Gasteiger partial charge in [0.15, 0.2) is 0 Å². The van der Waals surface area contributed by atoms with Crippen molar-refractivity contribution in [2.75, 3.05) is 25.5 Å².